The Bertz CT molecular complexity index is 724. The lowest BCUT2D eigenvalue weighted by atomic mass is 9.98. The fourth-order valence-electron chi connectivity index (χ4n) is 2.57. The second-order valence-electron chi connectivity index (χ2n) is 5.59. The Morgan fingerprint density at radius 3 is 2.75 bits per heavy atom. The van der Waals surface area contributed by atoms with Gasteiger partial charge in [0, 0.05) is 12.1 Å². The minimum atomic E-state index is -0.334. The first-order valence-corrected chi connectivity index (χ1v) is 8.77. The molecule has 1 aliphatic rings. The van der Waals surface area contributed by atoms with Crippen LogP contribution in [0.15, 0.2) is 35.9 Å². The third-order valence-electron chi connectivity index (χ3n) is 3.80. The largest absolute Gasteiger partial charge is 0.497 e. The molecule has 6 nitrogen and oxygen atoms in total. The summed E-state index contributed by atoms with van der Waals surface area (Å²) in [5.41, 5.74) is 2.11. The molecule has 0 unspecified atom stereocenters. The Labute approximate surface area is 145 Å². The average molecular weight is 344 g/mol. The summed E-state index contributed by atoms with van der Waals surface area (Å²) in [6, 6.07) is 6.80. The van der Waals surface area contributed by atoms with E-state index in [4.69, 9.17) is 4.74 Å². The van der Waals surface area contributed by atoms with Crippen LogP contribution in [0.3, 0.4) is 0 Å². The molecule has 0 fully saturated rings. The van der Waals surface area contributed by atoms with E-state index < -0.39 is 0 Å². The molecular formula is C17H20N4O2S. The first-order valence-electron chi connectivity index (χ1n) is 7.95. The van der Waals surface area contributed by atoms with E-state index in [0.29, 0.717) is 10.8 Å². The molecule has 1 aliphatic carbocycles. The van der Waals surface area contributed by atoms with E-state index in [9.17, 15) is 4.79 Å². The predicted molar refractivity (Wildman–Crippen MR) is 95.8 cm³/mol. The van der Waals surface area contributed by atoms with Gasteiger partial charge in [0.2, 0.25) is 5.13 Å². The number of benzene rings is 1. The molecule has 7 heteroatoms. The van der Waals surface area contributed by atoms with Gasteiger partial charge in [-0.1, -0.05) is 23.0 Å². The number of carbonyl (C=O) groups excluding carboxylic acids is 1. The maximum Gasteiger partial charge on any atom is 0.325 e. The minimum absolute atomic E-state index is 0.334. The van der Waals surface area contributed by atoms with Crippen LogP contribution < -0.4 is 15.4 Å². The first kappa shape index (κ1) is 16.4. The van der Waals surface area contributed by atoms with Crippen molar-refractivity contribution in [2.75, 3.05) is 17.7 Å². The van der Waals surface area contributed by atoms with Crippen molar-refractivity contribution in [3.63, 3.8) is 0 Å². The Kier molecular flexibility index (Phi) is 5.43. The van der Waals surface area contributed by atoms with E-state index in [0.717, 1.165) is 30.0 Å². The molecule has 2 amide bonds. The Morgan fingerprint density at radius 1 is 1.21 bits per heavy atom. The summed E-state index contributed by atoms with van der Waals surface area (Å²) in [4.78, 5) is 12.0. The van der Waals surface area contributed by atoms with Gasteiger partial charge in [-0.05, 0) is 49.9 Å². The van der Waals surface area contributed by atoms with Crippen LogP contribution in [0, 0.1) is 0 Å². The minimum Gasteiger partial charge on any atom is -0.497 e. The Hall–Kier alpha value is -2.41. The number of nitrogens with one attached hydrogen (secondary N) is 2. The number of anilines is 2. The van der Waals surface area contributed by atoms with Gasteiger partial charge in [0.15, 0.2) is 0 Å². The monoisotopic (exact) mass is 344 g/mol. The van der Waals surface area contributed by atoms with Crippen molar-refractivity contribution in [2.45, 2.75) is 32.1 Å². The summed E-state index contributed by atoms with van der Waals surface area (Å²) in [6.45, 7) is 0. The average Bonchev–Trinajstić information content (AvgIpc) is 3.03. The number of aromatic nitrogens is 2. The molecule has 126 valence electrons. The van der Waals surface area contributed by atoms with E-state index in [1.54, 1.807) is 31.4 Å². The van der Waals surface area contributed by atoms with Crippen LogP contribution in [-0.2, 0) is 6.42 Å². The molecule has 0 atom stereocenters. The van der Waals surface area contributed by atoms with Gasteiger partial charge in [0.05, 0.1) is 7.11 Å². The zero-order chi connectivity index (χ0) is 16.8. The van der Waals surface area contributed by atoms with Crippen molar-refractivity contribution < 1.29 is 9.53 Å². The normalized spacial score (nSPS) is 14.0. The molecule has 2 aromatic rings. The molecule has 1 aromatic heterocycles. The van der Waals surface area contributed by atoms with Crippen LogP contribution in [0.5, 0.6) is 5.75 Å². The first-order chi connectivity index (χ1) is 11.7. The number of allylic oxidation sites excluding steroid dienone is 2. The predicted octanol–water partition coefficient (Wildman–Crippen LogP) is 4.23. The fourth-order valence-corrected chi connectivity index (χ4v) is 3.36. The van der Waals surface area contributed by atoms with E-state index in [1.807, 2.05) is 0 Å². The molecule has 1 heterocycles. The number of carbonyl (C=O) groups is 1. The summed E-state index contributed by atoms with van der Waals surface area (Å²) in [5, 5.41) is 15.1. The molecule has 2 N–H and O–H groups in total. The van der Waals surface area contributed by atoms with Crippen molar-refractivity contribution in [3.8, 4) is 5.75 Å². The zero-order valence-electron chi connectivity index (χ0n) is 13.5. The molecule has 0 bridgehead atoms. The lowest BCUT2D eigenvalue weighted by Gasteiger charge is -2.10. The topological polar surface area (TPSA) is 76.1 Å². The molecular weight excluding hydrogens is 324 g/mol. The lowest BCUT2D eigenvalue weighted by Crippen LogP contribution is -2.19. The highest BCUT2D eigenvalue weighted by Gasteiger charge is 2.11. The number of nitrogens with zero attached hydrogens (tertiary/aromatic N) is 2. The highest BCUT2D eigenvalue weighted by atomic mass is 32.1. The second kappa shape index (κ2) is 7.92. The smallest absolute Gasteiger partial charge is 0.325 e. The van der Waals surface area contributed by atoms with Crippen LogP contribution in [0.2, 0.25) is 0 Å². The summed E-state index contributed by atoms with van der Waals surface area (Å²) in [6.07, 6.45) is 7.95. The molecule has 24 heavy (non-hydrogen) atoms. The quantitative estimate of drug-likeness (QED) is 0.796. The summed E-state index contributed by atoms with van der Waals surface area (Å²) >= 11 is 1.42. The van der Waals surface area contributed by atoms with Gasteiger partial charge in [-0.25, -0.2) is 4.79 Å². The molecule has 0 saturated carbocycles. The van der Waals surface area contributed by atoms with Gasteiger partial charge in [-0.3, -0.25) is 5.32 Å². The van der Waals surface area contributed by atoms with Gasteiger partial charge in [-0.2, -0.15) is 0 Å². The number of hydrogen-bond donors (Lipinski definition) is 2. The summed E-state index contributed by atoms with van der Waals surface area (Å²) in [5.74, 6) is 0.742. The number of amides is 2. The van der Waals surface area contributed by atoms with Crippen LogP contribution in [0.25, 0.3) is 0 Å². The van der Waals surface area contributed by atoms with E-state index in [-0.39, 0.29) is 6.03 Å². The van der Waals surface area contributed by atoms with Crippen LogP contribution >= 0.6 is 11.3 Å². The third-order valence-corrected chi connectivity index (χ3v) is 4.64. The zero-order valence-corrected chi connectivity index (χ0v) is 14.4. The van der Waals surface area contributed by atoms with E-state index in [2.05, 4.69) is 26.9 Å². The van der Waals surface area contributed by atoms with E-state index >= 15 is 0 Å². The van der Waals surface area contributed by atoms with Crippen molar-refractivity contribution in [1.82, 2.24) is 10.2 Å². The Morgan fingerprint density at radius 2 is 2.04 bits per heavy atom. The van der Waals surface area contributed by atoms with Crippen molar-refractivity contribution in [3.05, 3.63) is 40.9 Å². The van der Waals surface area contributed by atoms with Crippen LogP contribution in [0.4, 0.5) is 15.6 Å². The number of hydrogen-bond acceptors (Lipinski definition) is 5. The van der Waals surface area contributed by atoms with Gasteiger partial charge >= 0.3 is 6.03 Å². The van der Waals surface area contributed by atoms with Gasteiger partial charge in [-0.15, -0.1) is 10.2 Å². The lowest BCUT2D eigenvalue weighted by molar-refractivity contribution is 0.262. The highest BCUT2D eigenvalue weighted by Crippen LogP contribution is 2.24. The number of ether oxygens (including phenoxy) is 1. The number of methoxy groups -OCH3 is 1. The molecule has 0 aliphatic heterocycles. The third kappa shape index (κ3) is 4.55. The van der Waals surface area contributed by atoms with Crippen molar-refractivity contribution in [2.24, 2.45) is 0 Å². The van der Waals surface area contributed by atoms with Gasteiger partial charge in [0.1, 0.15) is 10.8 Å². The molecule has 1 aromatic carbocycles. The maximum absolute atomic E-state index is 12.0. The summed E-state index contributed by atoms with van der Waals surface area (Å²) in [7, 11) is 1.60. The van der Waals surface area contributed by atoms with Crippen LogP contribution in [0.1, 0.15) is 30.7 Å². The van der Waals surface area contributed by atoms with Gasteiger partial charge < -0.3 is 10.1 Å². The fraction of sp³-hybridized carbons (Fsp3) is 0.353. The van der Waals surface area contributed by atoms with Gasteiger partial charge in [0.25, 0.3) is 0 Å². The number of rotatable bonds is 5. The Balaban J connectivity index is 1.53. The standard InChI is InChI=1S/C17H20N4O2S/c1-23-14-9-7-13(8-10-14)18-16(22)19-17-21-20-15(24-17)11-12-5-3-2-4-6-12/h5,7-10H,2-4,6,11H2,1H3,(H2,18,19,21,22). The molecule has 3 rings (SSSR count). The SMILES string of the molecule is COc1ccc(NC(=O)Nc2nnc(CC3=CCCCC3)s2)cc1. The number of urea groups is 1. The van der Waals surface area contributed by atoms with Crippen molar-refractivity contribution >= 4 is 28.2 Å². The summed E-state index contributed by atoms with van der Waals surface area (Å²) < 4.78 is 5.09. The highest BCUT2D eigenvalue weighted by molar-refractivity contribution is 7.15. The molecule has 0 spiro atoms. The van der Waals surface area contributed by atoms with E-state index in [1.165, 1.54) is 29.8 Å². The molecule has 0 saturated heterocycles. The maximum atomic E-state index is 12.0. The molecule has 0 radical (unpaired) electrons. The van der Waals surface area contributed by atoms with Crippen molar-refractivity contribution in [1.29, 1.82) is 0 Å². The second-order valence-corrected chi connectivity index (χ2v) is 6.66. The van der Waals surface area contributed by atoms with Crippen LogP contribution in [-0.4, -0.2) is 23.3 Å².